The summed E-state index contributed by atoms with van der Waals surface area (Å²) < 4.78 is 65.9. The summed E-state index contributed by atoms with van der Waals surface area (Å²) in [6, 6.07) is 0. The number of phosphoric ester groups is 1. The summed E-state index contributed by atoms with van der Waals surface area (Å²) in [6.45, 7) is 3.87. The number of aliphatic hydroxyl groups excluding tert-OH is 1. The Labute approximate surface area is 174 Å². The van der Waals surface area contributed by atoms with Gasteiger partial charge in [0.1, 0.15) is 17.5 Å². The molecular formula is C12H20FN2O13P3. The molecular weight excluding hydrogens is 492 g/mol. The fraction of sp³-hybridized carbons (Fsp3) is 0.583. The van der Waals surface area contributed by atoms with Crippen molar-refractivity contribution in [3.63, 3.8) is 0 Å². The third kappa shape index (κ3) is 6.51. The van der Waals surface area contributed by atoms with Crippen LogP contribution >= 0.6 is 23.5 Å². The Balaban J connectivity index is 2.15. The smallest absolute Gasteiger partial charge is 0.387 e. The van der Waals surface area contributed by atoms with Gasteiger partial charge in [-0.2, -0.15) is 8.62 Å². The summed E-state index contributed by atoms with van der Waals surface area (Å²) in [7, 11) is -16.8. The van der Waals surface area contributed by atoms with Gasteiger partial charge in [0.05, 0.1) is 6.61 Å². The van der Waals surface area contributed by atoms with Gasteiger partial charge in [-0.1, -0.05) is 13.5 Å². The summed E-state index contributed by atoms with van der Waals surface area (Å²) in [5.74, 6) is -0.614. The van der Waals surface area contributed by atoms with Crippen LogP contribution < -0.4 is 5.32 Å². The number of hydrogen-bond donors (Lipinski definition) is 6. The van der Waals surface area contributed by atoms with Crippen LogP contribution in [0, 0.1) is 0 Å². The minimum atomic E-state index is -5.75. The number of amides is 1. The molecule has 1 amide bonds. The van der Waals surface area contributed by atoms with Crippen molar-refractivity contribution < 1.29 is 65.4 Å². The number of phosphoric acid groups is 3. The number of carbonyl (C=O) groups excluding carboxylic acids is 1. The van der Waals surface area contributed by atoms with Crippen LogP contribution in [0.1, 0.15) is 13.3 Å². The van der Waals surface area contributed by atoms with Crippen LogP contribution in [0.3, 0.4) is 0 Å². The van der Waals surface area contributed by atoms with Gasteiger partial charge in [-0.05, 0) is 6.42 Å². The number of ether oxygens (including phenoxy) is 1. The van der Waals surface area contributed by atoms with E-state index in [-0.39, 0.29) is 12.2 Å². The standard InChI is InChI=1S/C12H20FN2O13P3/c1-3-12(6-25-30(21,22)28-31(23,24)27-29(18,19)20)10(17)9(13)11(26-12)15-5-4-8(16)14-7(15)2/h4-5,9-11,17H,2-3,6H2,1H3,(H,14,16)(H,21,22)(H,23,24)(H2,18,19,20)/t9-,10-,11+,12+/m0/s1. The summed E-state index contributed by atoms with van der Waals surface area (Å²) in [5.41, 5.74) is -1.97. The molecule has 2 heterocycles. The Morgan fingerprint density at radius 3 is 2.39 bits per heavy atom. The van der Waals surface area contributed by atoms with Crippen molar-refractivity contribution >= 4 is 29.4 Å². The fourth-order valence-corrected chi connectivity index (χ4v) is 5.84. The minimum absolute atomic E-state index is 0.0767. The number of halogens is 1. The lowest BCUT2D eigenvalue weighted by Gasteiger charge is -2.34. The molecule has 0 aliphatic carbocycles. The van der Waals surface area contributed by atoms with E-state index in [0.717, 1.165) is 17.2 Å². The number of rotatable bonds is 9. The van der Waals surface area contributed by atoms with E-state index >= 15 is 0 Å². The van der Waals surface area contributed by atoms with E-state index in [0.29, 0.717) is 0 Å². The first-order valence-electron chi connectivity index (χ1n) is 8.25. The minimum Gasteiger partial charge on any atom is -0.387 e. The Morgan fingerprint density at radius 1 is 1.26 bits per heavy atom. The van der Waals surface area contributed by atoms with Crippen LogP contribution in [0.25, 0.3) is 0 Å². The van der Waals surface area contributed by atoms with Crippen LogP contribution in [0.5, 0.6) is 0 Å². The predicted molar refractivity (Wildman–Crippen MR) is 96.9 cm³/mol. The van der Waals surface area contributed by atoms with Gasteiger partial charge in [-0.25, -0.2) is 18.1 Å². The average molecular weight is 512 g/mol. The molecule has 0 radical (unpaired) electrons. The van der Waals surface area contributed by atoms with Crippen molar-refractivity contribution in [2.45, 2.75) is 37.4 Å². The second kappa shape index (κ2) is 9.10. The van der Waals surface area contributed by atoms with E-state index in [2.05, 4.69) is 25.0 Å². The van der Waals surface area contributed by atoms with Crippen LogP contribution in [0.2, 0.25) is 0 Å². The van der Waals surface area contributed by atoms with Gasteiger partial charge >= 0.3 is 23.5 Å². The van der Waals surface area contributed by atoms with Crippen LogP contribution in [0.15, 0.2) is 24.7 Å². The Morgan fingerprint density at radius 2 is 1.87 bits per heavy atom. The molecule has 2 aliphatic rings. The number of alkyl halides is 1. The lowest BCUT2D eigenvalue weighted by Crippen LogP contribution is -2.45. The van der Waals surface area contributed by atoms with E-state index < -0.39 is 60.1 Å². The fourth-order valence-electron chi connectivity index (χ4n) is 2.76. The highest BCUT2D eigenvalue weighted by atomic mass is 31.3. The van der Waals surface area contributed by atoms with Gasteiger partial charge < -0.3 is 39.6 Å². The normalized spacial score (nSPS) is 33.1. The molecule has 2 aliphatic heterocycles. The molecule has 1 saturated heterocycles. The van der Waals surface area contributed by atoms with E-state index in [4.69, 9.17) is 19.4 Å². The molecule has 6 N–H and O–H groups in total. The predicted octanol–water partition coefficient (Wildman–Crippen LogP) is -0.0495. The highest BCUT2D eigenvalue weighted by Crippen LogP contribution is 2.66. The number of aliphatic hydroxyl groups is 1. The lowest BCUT2D eigenvalue weighted by atomic mass is 9.94. The maximum Gasteiger partial charge on any atom is 0.490 e. The molecule has 15 nitrogen and oxygen atoms in total. The summed E-state index contributed by atoms with van der Waals surface area (Å²) in [5, 5.41) is 12.6. The molecule has 6 atom stereocenters. The summed E-state index contributed by atoms with van der Waals surface area (Å²) in [6.07, 6.45) is -3.62. The van der Waals surface area contributed by atoms with Gasteiger partial charge in [-0.15, -0.1) is 0 Å². The largest absolute Gasteiger partial charge is 0.490 e. The molecule has 2 unspecified atom stereocenters. The maximum absolute atomic E-state index is 14.8. The first-order valence-corrected chi connectivity index (χ1v) is 12.8. The second-order valence-electron chi connectivity index (χ2n) is 6.34. The van der Waals surface area contributed by atoms with Crippen molar-refractivity contribution in [3.8, 4) is 0 Å². The van der Waals surface area contributed by atoms with Gasteiger partial charge in [0.2, 0.25) is 0 Å². The van der Waals surface area contributed by atoms with Crippen molar-refractivity contribution in [2.24, 2.45) is 0 Å². The van der Waals surface area contributed by atoms with Crippen molar-refractivity contribution in [3.05, 3.63) is 24.7 Å². The van der Waals surface area contributed by atoms with Crippen LogP contribution in [-0.2, 0) is 36.4 Å². The van der Waals surface area contributed by atoms with E-state index in [9.17, 15) is 32.9 Å². The third-order valence-electron chi connectivity index (χ3n) is 4.19. The highest BCUT2D eigenvalue weighted by molar-refractivity contribution is 7.66. The van der Waals surface area contributed by atoms with Gasteiger partial charge in [0.25, 0.3) is 5.91 Å². The van der Waals surface area contributed by atoms with Gasteiger partial charge in [-0.3, -0.25) is 9.32 Å². The molecule has 0 aromatic carbocycles. The Hall–Kier alpha value is -0.990. The zero-order valence-electron chi connectivity index (χ0n) is 15.7. The average Bonchev–Trinajstić information content (AvgIpc) is 2.82. The number of carbonyl (C=O) groups is 1. The van der Waals surface area contributed by atoms with E-state index in [1.54, 1.807) is 0 Å². The summed E-state index contributed by atoms with van der Waals surface area (Å²) in [4.78, 5) is 48.1. The van der Waals surface area contributed by atoms with E-state index in [1.165, 1.54) is 6.92 Å². The number of nitrogens with one attached hydrogen (secondary N) is 1. The molecule has 0 aromatic heterocycles. The molecule has 178 valence electrons. The molecule has 0 bridgehead atoms. The van der Waals surface area contributed by atoms with E-state index in [1.807, 2.05) is 0 Å². The SMILES string of the molecule is C=C1NC(=O)C=CN1[C@@H]1O[C@](CC)(COP(=O)(O)OP(=O)(O)OP(=O)(O)O)[C@@H](O)[C@@H]1F. The Bertz CT molecular complexity index is 908. The molecule has 0 saturated carbocycles. The van der Waals surface area contributed by atoms with Gasteiger partial charge in [0, 0.05) is 12.3 Å². The third-order valence-corrected chi connectivity index (χ3v) is 7.98. The molecule has 1 fully saturated rings. The lowest BCUT2D eigenvalue weighted by molar-refractivity contribution is -0.136. The molecule has 0 aromatic rings. The second-order valence-corrected chi connectivity index (χ2v) is 10.8. The molecule has 31 heavy (non-hydrogen) atoms. The van der Waals surface area contributed by atoms with Crippen molar-refractivity contribution in [1.29, 1.82) is 0 Å². The quantitative estimate of drug-likeness (QED) is 0.223. The van der Waals surface area contributed by atoms with Crippen LogP contribution in [-0.4, -0.2) is 66.2 Å². The zero-order valence-corrected chi connectivity index (χ0v) is 18.4. The maximum atomic E-state index is 14.8. The monoisotopic (exact) mass is 512 g/mol. The molecule has 0 spiro atoms. The first kappa shape index (κ1) is 26.3. The zero-order chi connectivity index (χ0) is 23.8. The van der Waals surface area contributed by atoms with Crippen molar-refractivity contribution in [2.75, 3.05) is 6.61 Å². The summed E-state index contributed by atoms with van der Waals surface area (Å²) >= 11 is 0. The molecule has 19 heteroatoms. The van der Waals surface area contributed by atoms with Crippen molar-refractivity contribution in [1.82, 2.24) is 10.2 Å². The van der Waals surface area contributed by atoms with Crippen LogP contribution in [0.4, 0.5) is 4.39 Å². The topological polar surface area (TPSA) is 222 Å². The highest BCUT2D eigenvalue weighted by Gasteiger charge is 2.57. The first-order chi connectivity index (χ1) is 14.0. The molecule has 2 rings (SSSR count). The van der Waals surface area contributed by atoms with Gasteiger partial charge in [0.15, 0.2) is 12.4 Å². The Kier molecular flexibility index (Phi) is 7.71. The number of hydrogen-bond acceptors (Lipinski definition) is 10. The number of nitrogens with zero attached hydrogens (tertiary/aromatic N) is 1.